The van der Waals surface area contributed by atoms with Crippen LogP contribution in [0.25, 0.3) is 0 Å². The zero-order valence-corrected chi connectivity index (χ0v) is 12.1. The average molecular weight is 253 g/mol. The van der Waals surface area contributed by atoms with Crippen LogP contribution in [0.5, 0.6) is 0 Å². The highest BCUT2D eigenvalue weighted by molar-refractivity contribution is 4.85. The molecular weight excluding hydrogens is 222 g/mol. The van der Waals surface area contributed by atoms with E-state index in [1.165, 1.54) is 64.3 Å². The Labute approximate surface area is 113 Å². The molecule has 1 saturated carbocycles. The monoisotopic (exact) mass is 253 g/mol. The minimum absolute atomic E-state index is 0.770. The predicted octanol–water partition coefficient (Wildman–Crippen LogP) is 3.75. The van der Waals surface area contributed by atoms with Gasteiger partial charge in [0.05, 0.1) is 0 Å². The van der Waals surface area contributed by atoms with Crippen molar-refractivity contribution < 1.29 is 4.74 Å². The maximum Gasteiger partial charge on any atom is 0.0469 e. The Kier molecular flexibility index (Phi) is 6.50. The van der Waals surface area contributed by atoms with Gasteiger partial charge in [-0.2, -0.15) is 0 Å². The zero-order chi connectivity index (χ0) is 12.6. The highest BCUT2D eigenvalue weighted by Gasteiger charge is 2.30. The fourth-order valence-electron chi connectivity index (χ4n) is 3.77. The first kappa shape index (κ1) is 14.3. The first-order valence-electron chi connectivity index (χ1n) is 8.23. The summed E-state index contributed by atoms with van der Waals surface area (Å²) in [5, 5.41) is 3.88. The van der Waals surface area contributed by atoms with Crippen LogP contribution < -0.4 is 5.32 Å². The van der Waals surface area contributed by atoms with Crippen molar-refractivity contribution in [3.63, 3.8) is 0 Å². The van der Waals surface area contributed by atoms with Crippen LogP contribution in [0.1, 0.15) is 64.7 Å². The molecule has 1 N–H and O–H groups in total. The van der Waals surface area contributed by atoms with Gasteiger partial charge in [0, 0.05) is 19.3 Å². The predicted molar refractivity (Wildman–Crippen MR) is 76.8 cm³/mol. The highest BCUT2D eigenvalue weighted by atomic mass is 16.5. The molecule has 106 valence electrons. The summed E-state index contributed by atoms with van der Waals surface area (Å²) < 4.78 is 5.54. The van der Waals surface area contributed by atoms with Gasteiger partial charge in [-0.1, -0.05) is 32.6 Å². The molecule has 1 atom stereocenters. The van der Waals surface area contributed by atoms with E-state index >= 15 is 0 Å². The van der Waals surface area contributed by atoms with Crippen LogP contribution in [0.4, 0.5) is 0 Å². The molecule has 18 heavy (non-hydrogen) atoms. The van der Waals surface area contributed by atoms with Crippen LogP contribution in [0.2, 0.25) is 0 Å². The van der Waals surface area contributed by atoms with E-state index in [9.17, 15) is 0 Å². The van der Waals surface area contributed by atoms with Crippen molar-refractivity contribution in [2.24, 2.45) is 11.8 Å². The van der Waals surface area contributed by atoms with E-state index in [-0.39, 0.29) is 0 Å². The second-order valence-corrected chi connectivity index (χ2v) is 6.18. The van der Waals surface area contributed by atoms with Crippen molar-refractivity contribution in [3.8, 4) is 0 Å². The van der Waals surface area contributed by atoms with E-state index < -0.39 is 0 Å². The van der Waals surface area contributed by atoms with Gasteiger partial charge in [0.1, 0.15) is 0 Å². The van der Waals surface area contributed by atoms with Gasteiger partial charge in [-0.3, -0.25) is 0 Å². The van der Waals surface area contributed by atoms with Crippen LogP contribution in [0.15, 0.2) is 0 Å². The Morgan fingerprint density at radius 3 is 2.17 bits per heavy atom. The van der Waals surface area contributed by atoms with Gasteiger partial charge in [0.2, 0.25) is 0 Å². The Bertz CT molecular complexity index is 205. The van der Waals surface area contributed by atoms with E-state index in [0.29, 0.717) is 0 Å². The molecule has 0 amide bonds. The molecule has 0 aromatic heterocycles. The van der Waals surface area contributed by atoms with Crippen molar-refractivity contribution in [3.05, 3.63) is 0 Å². The summed E-state index contributed by atoms with van der Waals surface area (Å²) >= 11 is 0. The van der Waals surface area contributed by atoms with Gasteiger partial charge >= 0.3 is 0 Å². The summed E-state index contributed by atoms with van der Waals surface area (Å²) in [4.78, 5) is 0. The molecule has 1 unspecified atom stereocenters. The SMILES string of the molecule is CCCNC(C1CCCCCC1)C1CCOCC1. The molecular formula is C16H31NO. The van der Waals surface area contributed by atoms with E-state index in [0.717, 1.165) is 31.1 Å². The van der Waals surface area contributed by atoms with E-state index in [4.69, 9.17) is 4.74 Å². The number of ether oxygens (including phenoxy) is 1. The summed E-state index contributed by atoms with van der Waals surface area (Å²) in [5.74, 6) is 1.80. The molecule has 2 fully saturated rings. The van der Waals surface area contributed by atoms with Crippen LogP contribution >= 0.6 is 0 Å². The van der Waals surface area contributed by atoms with E-state index in [2.05, 4.69) is 12.2 Å². The highest BCUT2D eigenvalue weighted by Crippen LogP contribution is 2.32. The largest absolute Gasteiger partial charge is 0.381 e. The molecule has 2 nitrogen and oxygen atoms in total. The minimum Gasteiger partial charge on any atom is -0.381 e. The second-order valence-electron chi connectivity index (χ2n) is 6.18. The quantitative estimate of drug-likeness (QED) is 0.753. The molecule has 1 heterocycles. The topological polar surface area (TPSA) is 21.3 Å². The van der Waals surface area contributed by atoms with E-state index in [1.54, 1.807) is 0 Å². The molecule has 2 rings (SSSR count). The Morgan fingerprint density at radius 2 is 1.56 bits per heavy atom. The third-order valence-electron chi connectivity index (χ3n) is 4.81. The summed E-state index contributed by atoms with van der Waals surface area (Å²) in [5.41, 5.74) is 0. The molecule has 1 aliphatic carbocycles. The lowest BCUT2D eigenvalue weighted by atomic mass is 9.80. The number of hydrogen-bond acceptors (Lipinski definition) is 2. The van der Waals surface area contributed by atoms with Crippen molar-refractivity contribution in [1.82, 2.24) is 5.32 Å². The summed E-state index contributed by atoms with van der Waals surface area (Å²) in [7, 11) is 0. The number of hydrogen-bond donors (Lipinski definition) is 1. The molecule has 0 spiro atoms. The summed E-state index contributed by atoms with van der Waals surface area (Å²) in [6, 6.07) is 0.770. The second kappa shape index (κ2) is 8.16. The van der Waals surface area contributed by atoms with Crippen LogP contribution in [0.3, 0.4) is 0 Å². The van der Waals surface area contributed by atoms with Crippen LogP contribution in [-0.2, 0) is 4.74 Å². The lowest BCUT2D eigenvalue weighted by molar-refractivity contribution is 0.0428. The van der Waals surface area contributed by atoms with Gasteiger partial charge in [-0.25, -0.2) is 0 Å². The van der Waals surface area contributed by atoms with Gasteiger partial charge < -0.3 is 10.1 Å². The molecule has 1 aliphatic heterocycles. The smallest absolute Gasteiger partial charge is 0.0469 e. The molecule has 2 heteroatoms. The maximum absolute atomic E-state index is 5.54. The first-order valence-corrected chi connectivity index (χ1v) is 8.23. The molecule has 0 radical (unpaired) electrons. The lowest BCUT2D eigenvalue weighted by Gasteiger charge is -2.36. The maximum atomic E-state index is 5.54. The van der Waals surface area contributed by atoms with Crippen molar-refractivity contribution in [1.29, 1.82) is 0 Å². The Hall–Kier alpha value is -0.0800. The molecule has 0 aromatic rings. The van der Waals surface area contributed by atoms with Crippen molar-refractivity contribution in [2.75, 3.05) is 19.8 Å². The fourth-order valence-corrected chi connectivity index (χ4v) is 3.77. The van der Waals surface area contributed by atoms with Gasteiger partial charge in [0.25, 0.3) is 0 Å². The van der Waals surface area contributed by atoms with E-state index in [1.807, 2.05) is 0 Å². The number of nitrogens with one attached hydrogen (secondary N) is 1. The molecule has 2 aliphatic rings. The molecule has 0 bridgehead atoms. The van der Waals surface area contributed by atoms with Gasteiger partial charge in [-0.15, -0.1) is 0 Å². The zero-order valence-electron chi connectivity index (χ0n) is 12.1. The minimum atomic E-state index is 0.770. The Morgan fingerprint density at radius 1 is 0.944 bits per heavy atom. The third-order valence-corrected chi connectivity index (χ3v) is 4.81. The van der Waals surface area contributed by atoms with Crippen LogP contribution in [0, 0.1) is 11.8 Å². The van der Waals surface area contributed by atoms with Gasteiger partial charge in [-0.05, 0) is 50.5 Å². The average Bonchev–Trinajstić information content (AvgIpc) is 2.70. The lowest BCUT2D eigenvalue weighted by Crippen LogP contribution is -2.44. The fraction of sp³-hybridized carbons (Fsp3) is 1.00. The van der Waals surface area contributed by atoms with Crippen molar-refractivity contribution >= 4 is 0 Å². The molecule has 0 aromatic carbocycles. The normalized spacial score (nSPS) is 25.8. The number of rotatable bonds is 5. The van der Waals surface area contributed by atoms with Gasteiger partial charge in [0.15, 0.2) is 0 Å². The summed E-state index contributed by atoms with van der Waals surface area (Å²) in [6.07, 6.45) is 12.6. The first-order chi connectivity index (χ1) is 8.92. The van der Waals surface area contributed by atoms with Crippen molar-refractivity contribution in [2.45, 2.75) is 70.8 Å². The molecule has 1 saturated heterocycles. The Balaban J connectivity index is 1.92. The standard InChI is InChI=1S/C16H31NO/c1-2-11-17-16(15-9-12-18-13-10-15)14-7-5-3-4-6-8-14/h14-17H,2-13H2,1H3. The van der Waals surface area contributed by atoms with Crippen LogP contribution in [-0.4, -0.2) is 25.8 Å². The third kappa shape index (κ3) is 4.24. The summed E-state index contributed by atoms with van der Waals surface area (Å²) in [6.45, 7) is 5.45.